The highest BCUT2D eigenvalue weighted by molar-refractivity contribution is 9.10. The van der Waals surface area contributed by atoms with Gasteiger partial charge in [0.1, 0.15) is 0 Å². The fourth-order valence-corrected chi connectivity index (χ4v) is 3.52. The van der Waals surface area contributed by atoms with Gasteiger partial charge in [-0.1, -0.05) is 22.0 Å². The molecule has 0 radical (unpaired) electrons. The molecule has 0 aliphatic carbocycles. The monoisotopic (exact) mass is 351 g/mol. The lowest BCUT2D eigenvalue weighted by Crippen LogP contribution is -2.36. The summed E-state index contributed by atoms with van der Waals surface area (Å²) in [6.07, 6.45) is 0. The van der Waals surface area contributed by atoms with Gasteiger partial charge >= 0.3 is 0 Å². The van der Waals surface area contributed by atoms with Crippen LogP contribution in [0.5, 0.6) is 0 Å². The third-order valence-electron chi connectivity index (χ3n) is 2.52. The van der Waals surface area contributed by atoms with Crippen LogP contribution in [-0.4, -0.2) is 53.2 Å². The van der Waals surface area contributed by atoms with Crippen LogP contribution in [0.15, 0.2) is 33.6 Å². The normalized spacial score (nSPS) is 12.0. The van der Waals surface area contributed by atoms with Gasteiger partial charge < -0.3 is 9.47 Å². The number of ether oxygens (including phenoxy) is 2. The molecule has 0 amide bonds. The molecule has 7 heteroatoms. The number of nitrogens with zero attached hydrogens (tertiary/aromatic N) is 1. The van der Waals surface area contributed by atoms with E-state index < -0.39 is 10.0 Å². The van der Waals surface area contributed by atoms with Crippen LogP contribution in [0, 0.1) is 0 Å². The average molecular weight is 352 g/mol. The van der Waals surface area contributed by atoms with Crippen LogP contribution >= 0.6 is 15.9 Å². The topological polar surface area (TPSA) is 55.8 Å². The van der Waals surface area contributed by atoms with Crippen molar-refractivity contribution in [1.82, 2.24) is 4.31 Å². The highest BCUT2D eigenvalue weighted by Crippen LogP contribution is 2.19. The van der Waals surface area contributed by atoms with E-state index in [4.69, 9.17) is 9.47 Å². The van der Waals surface area contributed by atoms with E-state index in [9.17, 15) is 8.42 Å². The third-order valence-corrected chi connectivity index (χ3v) is 4.91. The van der Waals surface area contributed by atoms with Gasteiger partial charge in [-0.2, -0.15) is 4.31 Å². The van der Waals surface area contributed by atoms with E-state index in [0.29, 0.717) is 26.3 Å². The number of halogens is 1. The first-order valence-corrected chi connectivity index (χ1v) is 7.99. The van der Waals surface area contributed by atoms with E-state index in [2.05, 4.69) is 15.9 Å². The molecule has 0 fully saturated rings. The first kappa shape index (κ1) is 16.6. The molecular formula is C12H18BrNO4S. The van der Waals surface area contributed by atoms with Gasteiger partial charge in [-0.15, -0.1) is 0 Å². The Labute approximate surface area is 122 Å². The van der Waals surface area contributed by atoms with Gasteiger partial charge in [0, 0.05) is 31.8 Å². The highest BCUT2D eigenvalue weighted by atomic mass is 79.9. The first-order valence-electron chi connectivity index (χ1n) is 5.76. The molecule has 1 aromatic rings. The van der Waals surface area contributed by atoms with Gasteiger partial charge in [0.25, 0.3) is 0 Å². The predicted molar refractivity (Wildman–Crippen MR) is 76.7 cm³/mol. The summed E-state index contributed by atoms with van der Waals surface area (Å²) in [5.74, 6) is 0. The van der Waals surface area contributed by atoms with E-state index >= 15 is 0 Å². The molecule has 0 heterocycles. The van der Waals surface area contributed by atoms with Gasteiger partial charge in [-0.25, -0.2) is 8.42 Å². The molecule has 0 atom stereocenters. The SMILES string of the molecule is COCCN(CCOC)S(=O)(=O)c1cccc(Br)c1. The van der Waals surface area contributed by atoms with Crippen molar-refractivity contribution in [3.63, 3.8) is 0 Å². The van der Waals surface area contributed by atoms with Crippen molar-refractivity contribution in [3.05, 3.63) is 28.7 Å². The van der Waals surface area contributed by atoms with Gasteiger partial charge in [0.05, 0.1) is 18.1 Å². The van der Waals surface area contributed by atoms with Crippen LogP contribution in [0.1, 0.15) is 0 Å². The van der Waals surface area contributed by atoms with Gasteiger partial charge in [0.15, 0.2) is 0 Å². The lowest BCUT2D eigenvalue weighted by Gasteiger charge is -2.21. The largest absolute Gasteiger partial charge is 0.383 e. The Morgan fingerprint density at radius 2 is 1.74 bits per heavy atom. The summed E-state index contributed by atoms with van der Waals surface area (Å²) in [6, 6.07) is 6.64. The minimum absolute atomic E-state index is 0.258. The minimum Gasteiger partial charge on any atom is -0.383 e. The number of methoxy groups -OCH3 is 2. The molecule has 1 aromatic carbocycles. The van der Waals surface area contributed by atoms with Crippen molar-refractivity contribution in [1.29, 1.82) is 0 Å². The quantitative estimate of drug-likeness (QED) is 0.715. The second-order valence-electron chi connectivity index (χ2n) is 3.85. The van der Waals surface area contributed by atoms with E-state index in [-0.39, 0.29) is 4.90 Å². The Kier molecular flexibility index (Phi) is 6.95. The Hall–Kier alpha value is -0.470. The van der Waals surface area contributed by atoms with E-state index in [1.54, 1.807) is 38.5 Å². The van der Waals surface area contributed by atoms with Crippen LogP contribution in [-0.2, 0) is 19.5 Å². The third kappa shape index (κ3) is 4.85. The smallest absolute Gasteiger partial charge is 0.243 e. The number of benzene rings is 1. The molecule has 108 valence electrons. The summed E-state index contributed by atoms with van der Waals surface area (Å²) in [6.45, 7) is 1.29. The zero-order valence-electron chi connectivity index (χ0n) is 11.0. The first-order chi connectivity index (χ1) is 9.02. The molecular weight excluding hydrogens is 334 g/mol. The van der Waals surface area contributed by atoms with Crippen molar-refractivity contribution in [3.8, 4) is 0 Å². The molecule has 5 nitrogen and oxygen atoms in total. The Morgan fingerprint density at radius 1 is 1.16 bits per heavy atom. The Balaban J connectivity index is 2.97. The molecule has 0 saturated carbocycles. The maximum atomic E-state index is 12.5. The lowest BCUT2D eigenvalue weighted by molar-refractivity contribution is 0.150. The fourth-order valence-electron chi connectivity index (χ4n) is 1.51. The standard InChI is InChI=1S/C12H18BrNO4S/c1-17-8-6-14(7-9-18-2)19(15,16)12-5-3-4-11(13)10-12/h3-5,10H,6-9H2,1-2H3. The summed E-state index contributed by atoms with van der Waals surface area (Å²) >= 11 is 3.28. The summed E-state index contributed by atoms with van der Waals surface area (Å²) in [5, 5.41) is 0. The molecule has 0 aliphatic heterocycles. The van der Waals surface area contributed by atoms with Crippen molar-refractivity contribution in [2.24, 2.45) is 0 Å². The number of hydrogen-bond donors (Lipinski definition) is 0. The van der Waals surface area contributed by atoms with Crippen molar-refractivity contribution >= 4 is 26.0 Å². The molecule has 0 spiro atoms. The summed E-state index contributed by atoms with van der Waals surface area (Å²) < 4.78 is 37.0. The van der Waals surface area contributed by atoms with Crippen LogP contribution in [0.2, 0.25) is 0 Å². The van der Waals surface area contributed by atoms with Crippen LogP contribution in [0.25, 0.3) is 0 Å². The zero-order valence-corrected chi connectivity index (χ0v) is 13.4. The Morgan fingerprint density at radius 3 is 2.21 bits per heavy atom. The van der Waals surface area contributed by atoms with Gasteiger partial charge in [0.2, 0.25) is 10.0 Å². The van der Waals surface area contributed by atoms with Crippen molar-refractivity contribution in [2.45, 2.75) is 4.90 Å². The molecule has 19 heavy (non-hydrogen) atoms. The summed E-state index contributed by atoms with van der Waals surface area (Å²) in [5.41, 5.74) is 0. The highest BCUT2D eigenvalue weighted by Gasteiger charge is 2.23. The maximum Gasteiger partial charge on any atom is 0.243 e. The summed E-state index contributed by atoms with van der Waals surface area (Å²) in [4.78, 5) is 0.258. The predicted octanol–water partition coefficient (Wildman–Crippen LogP) is 1.73. The summed E-state index contributed by atoms with van der Waals surface area (Å²) in [7, 11) is -0.441. The van der Waals surface area contributed by atoms with Crippen LogP contribution in [0.3, 0.4) is 0 Å². The number of hydrogen-bond acceptors (Lipinski definition) is 4. The molecule has 0 aromatic heterocycles. The van der Waals surface area contributed by atoms with Crippen LogP contribution < -0.4 is 0 Å². The molecule has 0 N–H and O–H groups in total. The molecule has 0 unspecified atom stereocenters. The van der Waals surface area contributed by atoms with Crippen LogP contribution in [0.4, 0.5) is 0 Å². The van der Waals surface area contributed by atoms with Gasteiger partial charge in [-0.3, -0.25) is 0 Å². The van der Waals surface area contributed by atoms with E-state index in [1.165, 1.54) is 4.31 Å². The number of sulfonamides is 1. The molecule has 0 saturated heterocycles. The van der Waals surface area contributed by atoms with Crippen molar-refractivity contribution < 1.29 is 17.9 Å². The van der Waals surface area contributed by atoms with E-state index in [1.807, 2.05) is 0 Å². The maximum absolute atomic E-state index is 12.5. The fraction of sp³-hybridized carbons (Fsp3) is 0.500. The molecule has 0 bridgehead atoms. The lowest BCUT2D eigenvalue weighted by atomic mass is 10.4. The second-order valence-corrected chi connectivity index (χ2v) is 6.70. The van der Waals surface area contributed by atoms with E-state index in [0.717, 1.165) is 4.47 Å². The zero-order chi connectivity index (χ0) is 14.3. The van der Waals surface area contributed by atoms with Crippen molar-refractivity contribution in [2.75, 3.05) is 40.5 Å². The molecule has 1 rings (SSSR count). The molecule has 0 aliphatic rings. The minimum atomic E-state index is -3.52. The average Bonchev–Trinajstić information content (AvgIpc) is 2.38. The second kappa shape index (κ2) is 7.96. The Bertz CT molecular complexity index is 484. The van der Waals surface area contributed by atoms with Gasteiger partial charge in [-0.05, 0) is 18.2 Å². The number of rotatable bonds is 8.